The van der Waals surface area contributed by atoms with Crippen molar-refractivity contribution in [2.75, 3.05) is 32.4 Å². The molecule has 0 radical (unpaired) electrons. The van der Waals surface area contributed by atoms with E-state index in [1.54, 1.807) is 12.1 Å². The molecule has 2 fully saturated rings. The van der Waals surface area contributed by atoms with Crippen LogP contribution in [0.15, 0.2) is 59.5 Å². The molecule has 2 aliphatic rings. The second-order valence-corrected chi connectivity index (χ2v) is 10.3. The number of hydrogen-bond acceptors (Lipinski definition) is 6. The number of imide groups is 1. The van der Waals surface area contributed by atoms with Crippen LogP contribution < -0.4 is 5.32 Å². The first-order valence-electron chi connectivity index (χ1n) is 10.7. The minimum atomic E-state index is -3.35. The molecule has 0 saturated carbocycles. The van der Waals surface area contributed by atoms with Gasteiger partial charge in [0.15, 0.2) is 9.84 Å². The maximum Gasteiger partial charge on any atom is 0.328 e. The number of urea groups is 1. The van der Waals surface area contributed by atoms with Crippen molar-refractivity contribution in [2.24, 2.45) is 0 Å². The first kappa shape index (κ1) is 25.7. The summed E-state index contributed by atoms with van der Waals surface area (Å²) in [4.78, 5) is 42.9. The predicted octanol–water partition coefficient (Wildman–Crippen LogP) is 1.28. The Morgan fingerprint density at radius 3 is 2.44 bits per heavy atom. The number of amides is 4. The van der Waals surface area contributed by atoms with E-state index >= 15 is 0 Å². The van der Waals surface area contributed by atoms with Crippen LogP contribution in [0.4, 0.5) is 4.79 Å². The zero-order valence-electron chi connectivity index (χ0n) is 18.7. The fourth-order valence-corrected chi connectivity index (χ4v) is 4.82. The number of fused-ring (bicyclic) bond motifs is 1. The first-order chi connectivity index (χ1) is 15.7. The smallest absolute Gasteiger partial charge is 0.328 e. The molecule has 0 spiro atoms. The summed E-state index contributed by atoms with van der Waals surface area (Å²) in [5.41, 5.74) is 1.75. The Labute approximate surface area is 205 Å². The van der Waals surface area contributed by atoms with Gasteiger partial charge in [-0.3, -0.25) is 19.4 Å². The highest BCUT2D eigenvalue weighted by atomic mass is 35.5. The Balaban J connectivity index is 0.00000324. The molecule has 11 heteroatoms. The summed E-state index contributed by atoms with van der Waals surface area (Å²) in [6, 6.07) is 15.2. The van der Waals surface area contributed by atoms with Crippen molar-refractivity contribution < 1.29 is 22.8 Å². The summed E-state index contributed by atoms with van der Waals surface area (Å²) < 4.78 is 23.4. The average molecular weight is 507 g/mol. The molecule has 4 rings (SSSR count). The van der Waals surface area contributed by atoms with Gasteiger partial charge in [0.25, 0.3) is 5.91 Å². The van der Waals surface area contributed by atoms with Gasteiger partial charge in [0, 0.05) is 39.0 Å². The molecule has 1 atom stereocenters. The standard InChI is InChI=1S/C23H26N4O5S.ClH/c1-33(31,32)19-9-5-8-18(12-19)13-24-21(28)16-27-22(29)20-15-25(10-11-26(20)23(27)30)14-17-6-3-2-4-7-17;/h2-9,12,20H,10-11,13-16H2,1H3,(H,24,28);1H. The predicted molar refractivity (Wildman–Crippen MR) is 128 cm³/mol. The maximum absolute atomic E-state index is 12.9. The molecule has 2 aliphatic heterocycles. The summed E-state index contributed by atoms with van der Waals surface area (Å²) >= 11 is 0. The summed E-state index contributed by atoms with van der Waals surface area (Å²) in [6.45, 7) is 1.93. The van der Waals surface area contributed by atoms with Crippen molar-refractivity contribution in [3.05, 3.63) is 65.7 Å². The van der Waals surface area contributed by atoms with Crippen LogP contribution in [0.3, 0.4) is 0 Å². The van der Waals surface area contributed by atoms with E-state index in [9.17, 15) is 22.8 Å². The normalized spacial score (nSPS) is 18.4. The summed E-state index contributed by atoms with van der Waals surface area (Å²) in [5, 5.41) is 2.66. The van der Waals surface area contributed by atoms with Crippen LogP contribution in [-0.2, 0) is 32.5 Å². The quantitative estimate of drug-likeness (QED) is 0.567. The van der Waals surface area contributed by atoms with E-state index in [4.69, 9.17) is 0 Å². The van der Waals surface area contributed by atoms with Crippen LogP contribution in [0.25, 0.3) is 0 Å². The van der Waals surface area contributed by atoms with Gasteiger partial charge >= 0.3 is 6.03 Å². The monoisotopic (exact) mass is 506 g/mol. The fourth-order valence-electron chi connectivity index (χ4n) is 4.13. The lowest BCUT2D eigenvalue weighted by molar-refractivity contribution is -0.133. The molecule has 0 bridgehead atoms. The Morgan fingerprint density at radius 2 is 1.74 bits per heavy atom. The highest BCUT2D eigenvalue weighted by molar-refractivity contribution is 7.90. The van der Waals surface area contributed by atoms with E-state index in [0.717, 1.165) is 16.7 Å². The largest absolute Gasteiger partial charge is 0.350 e. The third kappa shape index (κ3) is 5.75. The van der Waals surface area contributed by atoms with Gasteiger partial charge in [-0.25, -0.2) is 13.2 Å². The van der Waals surface area contributed by atoms with E-state index in [1.807, 2.05) is 30.3 Å². The fraction of sp³-hybridized carbons (Fsp3) is 0.348. The highest BCUT2D eigenvalue weighted by Crippen LogP contribution is 2.23. The zero-order chi connectivity index (χ0) is 23.6. The molecule has 1 N–H and O–H groups in total. The molecule has 34 heavy (non-hydrogen) atoms. The van der Waals surface area contributed by atoms with Crippen molar-refractivity contribution in [2.45, 2.75) is 24.0 Å². The van der Waals surface area contributed by atoms with Crippen LogP contribution >= 0.6 is 12.4 Å². The Bertz CT molecular complexity index is 1170. The van der Waals surface area contributed by atoms with Crippen LogP contribution in [0.5, 0.6) is 0 Å². The van der Waals surface area contributed by atoms with Gasteiger partial charge < -0.3 is 10.2 Å². The summed E-state index contributed by atoms with van der Waals surface area (Å²) in [5.74, 6) is -0.852. The van der Waals surface area contributed by atoms with Crippen LogP contribution in [0, 0.1) is 0 Å². The van der Waals surface area contributed by atoms with Crippen molar-refractivity contribution in [3.8, 4) is 0 Å². The Morgan fingerprint density at radius 1 is 1.03 bits per heavy atom. The number of carbonyl (C=O) groups is 3. The lowest BCUT2D eigenvalue weighted by atomic mass is 10.1. The van der Waals surface area contributed by atoms with Crippen molar-refractivity contribution in [1.82, 2.24) is 20.0 Å². The van der Waals surface area contributed by atoms with Crippen molar-refractivity contribution >= 4 is 40.1 Å². The molecule has 4 amide bonds. The third-order valence-electron chi connectivity index (χ3n) is 5.86. The molecule has 2 heterocycles. The van der Waals surface area contributed by atoms with Crippen molar-refractivity contribution in [1.29, 1.82) is 0 Å². The minimum Gasteiger partial charge on any atom is -0.350 e. The summed E-state index contributed by atoms with van der Waals surface area (Å²) in [7, 11) is -3.35. The number of hydrogen-bond donors (Lipinski definition) is 1. The number of benzene rings is 2. The van der Waals surface area contributed by atoms with Crippen LogP contribution in [-0.4, -0.2) is 79.4 Å². The van der Waals surface area contributed by atoms with E-state index in [0.29, 0.717) is 31.7 Å². The van der Waals surface area contributed by atoms with Gasteiger partial charge in [-0.15, -0.1) is 12.4 Å². The second-order valence-electron chi connectivity index (χ2n) is 8.33. The van der Waals surface area contributed by atoms with Gasteiger partial charge in [0.05, 0.1) is 4.90 Å². The molecule has 1 unspecified atom stereocenters. The SMILES string of the molecule is CS(=O)(=O)c1cccc(CNC(=O)CN2C(=O)C3CN(Cc4ccccc4)CCN3C2=O)c1.Cl. The molecular weight excluding hydrogens is 480 g/mol. The minimum absolute atomic E-state index is 0. The van der Waals surface area contributed by atoms with E-state index < -0.39 is 27.8 Å². The number of nitrogens with zero attached hydrogens (tertiary/aromatic N) is 3. The number of halogens is 1. The molecule has 2 saturated heterocycles. The van der Waals surface area contributed by atoms with Gasteiger partial charge in [-0.2, -0.15) is 0 Å². The first-order valence-corrected chi connectivity index (χ1v) is 12.6. The molecule has 0 aliphatic carbocycles. The lowest BCUT2D eigenvalue weighted by Crippen LogP contribution is -2.52. The molecule has 2 aromatic rings. The zero-order valence-corrected chi connectivity index (χ0v) is 20.3. The highest BCUT2D eigenvalue weighted by Gasteiger charge is 2.48. The molecule has 0 aromatic heterocycles. The number of sulfone groups is 1. The number of piperazine rings is 1. The van der Waals surface area contributed by atoms with Crippen LogP contribution in [0.2, 0.25) is 0 Å². The van der Waals surface area contributed by atoms with E-state index in [2.05, 4.69) is 10.2 Å². The molecule has 2 aromatic carbocycles. The average Bonchev–Trinajstić information content (AvgIpc) is 3.02. The molecule has 9 nitrogen and oxygen atoms in total. The van der Waals surface area contributed by atoms with Crippen molar-refractivity contribution in [3.63, 3.8) is 0 Å². The van der Waals surface area contributed by atoms with Gasteiger partial charge in [0.1, 0.15) is 12.6 Å². The molecule has 182 valence electrons. The Kier molecular flexibility index (Phi) is 7.96. The second kappa shape index (κ2) is 10.5. The van der Waals surface area contributed by atoms with E-state index in [1.165, 1.54) is 17.0 Å². The summed E-state index contributed by atoms with van der Waals surface area (Å²) in [6.07, 6.45) is 1.12. The van der Waals surface area contributed by atoms with Gasteiger partial charge in [-0.1, -0.05) is 42.5 Å². The number of rotatable bonds is 7. The topological polar surface area (TPSA) is 107 Å². The molecular formula is C23H27ClN4O5S. The Hall–Kier alpha value is -2.95. The number of nitrogens with one attached hydrogen (secondary N) is 1. The van der Waals surface area contributed by atoms with Gasteiger partial charge in [0.2, 0.25) is 5.91 Å². The van der Waals surface area contributed by atoms with Crippen LogP contribution in [0.1, 0.15) is 11.1 Å². The lowest BCUT2D eigenvalue weighted by Gasteiger charge is -2.35. The van der Waals surface area contributed by atoms with Gasteiger partial charge in [-0.05, 0) is 23.3 Å². The maximum atomic E-state index is 12.9. The van der Waals surface area contributed by atoms with E-state index in [-0.39, 0.29) is 36.3 Å². The number of carbonyl (C=O) groups excluding carboxylic acids is 3. The third-order valence-corrected chi connectivity index (χ3v) is 6.97.